The van der Waals surface area contributed by atoms with Crippen molar-refractivity contribution in [3.8, 4) is 0 Å². The molecule has 0 atom stereocenters. The second-order valence-corrected chi connectivity index (χ2v) is 4.29. The summed E-state index contributed by atoms with van der Waals surface area (Å²) in [5.41, 5.74) is 1.19. The van der Waals surface area contributed by atoms with Gasteiger partial charge >= 0.3 is 11.9 Å². The minimum absolute atomic E-state index is 0.296. The van der Waals surface area contributed by atoms with E-state index in [1.807, 2.05) is 49.3 Å². The summed E-state index contributed by atoms with van der Waals surface area (Å²) in [6.07, 6.45) is 0.124. The normalized spacial score (nSPS) is 9.10. The van der Waals surface area contributed by atoms with Gasteiger partial charge in [0.05, 0.1) is 18.7 Å². The zero-order chi connectivity index (χ0) is 15.5. The fraction of sp³-hybridized carbons (Fsp3) is 0.357. The number of rotatable bonds is 5. The van der Waals surface area contributed by atoms with Crippen LogP contribution < -0.4 is 0 Å². The van der Waals surface area contributed by atoms with Gasteiger partial charge in [0.25, 0.3) is 0 Å². The third kappa shape index (κ3) is 9.64. The lowest BCUT2D eigenvalue weighted by Crippen LogP contribution is -2.22. The number of carboxylic acids is 2. The zero-order valence-electron chi connectivity index (χ0n) is 11.7. The van der Waals surface area contributed by atoms with Crippen molar-refractivity contribution < 1.29 is 19.8 Å². The number of amidine groups is 1. The maximum atomic E-state index is 9.64. The molecule has 0 saturated carbocycles. The largest absolute Gasteiger partial charge is 0.481 e. The van der Waals surface area contributed by atoms with Crippen LogP contribution in [0.3, 0.4) is 0 Å². The molecule has 0 amide bonds. The van der Waals surface area contributed by atoms with Crippen molar-refractivity contribution in [1.82, 2.24) is 4.90 Å². The Kier molecular flexibility index (Phi) is 8.41. The maximum absolute atomic E-state index is 9.64. The molecule has 0 bridgehead atoms. The molecule has 0 fully saturated rings. The molecule has 0 radical (unpaired) electrons. The molecule has 1 aromatic rings. The molecule has 0 spiro atoms. The Bertz CT molecular complexity index is 430. The predicted molar refractivity (Wildman–Crippen MR) is 76.1 cm³/mol. The Morgan fingerprint density at radius 1 is 1.05 bits per heavy atom. The second kappa shape index (κ2) is 9.55. The van der Waals surface area contributed by atoms with Crippen molar-refractivity contribution in [3.63, 3.8) is 0 Å². The van der Waals surface area contributed by atoms with E-state index in [2.05, 4.69) is 0 Å². The summed E-state index contributed by atoms with van der Waals surface area (Å²) < 4.78 is 0. The molecule has 1 rings (SSSR count). The van der Waals surface area contributed by atoms with Crippen molar-refractivity contribution in [2.24, 2.45) is 0 Å². The average Bonchev–Trinajstić information content (AvgIpc) is 2.38. The SMILES string of the molecule is CN(C)C(=N)Cc1ccccc1.O=C(O)CCC(=O)O. The summed E-state index contributed by atoms with van der Waals surface area (Å²) in [5.74, 6) is -1.51. The van der Waals surface area contributed by atoms with E-state index < -0.39 is 11.9 Å². The lowest BCUT2D eigenvalue weighted by molar-refractivity contribution is -0.143. The maximum Gasteiger partial charge on any atom is 0.303 e. The smallest absolute Gasteiger partial charge is 0.303 e. The number of benzene rings is 1. The van der Waals surface area contributed by atoms with Crippen LogP contribution >= 0.6 is 0 Å². The van der Waals surface area contributed by atoms with E-state index in [9.17, 15) is 9.59 Å². The van der Waals surface area contributed by atoms with E-state index in [1.165, 1.54) is 5.56 Å². The number of aliphatic carboxylic acids is 2. The van der Waals surface area contributed by atoms with Crippen LogP contribution in [0.5, 0.6) is 0 Å². The van der Waals surface area contributed by atoms with Gasteiger partial charge in [0, 0.05) is 20.5 Å². The highest BCUT2D eigenvalue weighted by Crippen LogP contribution is 2.00. The van der Waals surface area contributed by atoms with E-state index in [4.69, 9.17) is 15.6 Å². The Morgan fingerprint density at radius 2 is 1.50 bits per heavy atom. The fourth-order valence-corrected chi connectivity index (χ4v) is 1.16. The Labute approximate surface area is 118 Å². The average molecular weight is 280 g/mol. The molecule has 0 aromatic heterocycles. The van der Waals surface area contributed by atoms with Crippen LogP contribution in [-0.2, 0) is 16.0 Å². The van der Waals surface area contributed by atoms with Gasteiger partial charge in [-0.15, -0.1) is 0 Å². The Hall–Kier alpha value is -2.37. The van der Waals surface area contributed by atoms with Crippen molar-refractivity contribution in [2.45, 2.75) is 19.3 Å². The Morgan fingerprint density at radius 3 is 1.85 bits per heavy atom. The highest BCUT2D eigenvalue weighted by molar-refractivity contribution is 5.80. The van der Waals surface area contributed by atoms with Gasteiger partial charge in [-0.3, -0.25) is 15.0 Å². The molecule has 3 N–H and O–H groups in total. The van der Waals surface area contributed by atoms with Gasteiger partial charge < -0.3 is 15.1 Å². The fourth-order valence-electron chi connectivity index (χ4n) is 1.16. The number of carbonyl (C=O) groups is 2. The zero-order valence-corrected chi connectivity index (χ0v) is 11.7. The van der Waals surface area contributed by atoms with E-state index in [0.717, 1.165) is 0 Å². The van der Waals surface area contributed by atoms with Gasteiger partial charge in [-0.25, -0.2) is 0 Å². The number of nitrogens with zero attached hydrogens (tertiary/aromatic N) is 1. The van der Waals surface area contributed by atoms with Crippen LogP contribution in [-0.4, -0.2) is 47.0 Å². The minimum atomic E-state index is -1.08. The number of hydrogen-bond acceptors (Lipinski definition) is 3. The van der Waals surface area contributed by atoms with Crippen LogP contribution in [0.1, 0.15) is 18.4 Å². The van der Waals surface area contributed by atoms with E-state index in [1.54, 1.807) is 0 Å². The van der Waals surface area contributed by atoms with Crippen LogP contribution in [0, 0.1) is 5.41 Å². The van der Waals surface area contributed by atoms with Gasteiger partial charge in [0.1, 0.15) is 0 Å². The predicted octanol–water partition coefficient (Wildman–Crippen LogP) is 1.70. The standard InChI is InChI=1S/C10H14N2.C4H6O4/c1-12(2)10(11)8-9-6-4-3-5-7-9;5-3(6)1-2-4(7)8/h3-7,11H,8H2,1-2H3;1-2H2,(H,5,6)(H,7,8). The molecular weight excluding hydrogens is 260 g/mol. The van der Waals surface area contributed by atoms with Gasteiger partial charge in [-0.1, -0.05) is 30.3 Å². The first-order valence-electron chi connectivity index (χ1n) is 6.05. The molecule has 0 aliphatic rings. The number of hydrogen-bond donors (Lipinski definition) is 3. The first-order valence-corrected chi connectivity index (χ1v) is 6.05. The molecule has 0 unspecified atom stereocenters. The summed E-state index contributed by atoms with van der Waals surface area (Å²) in [5, 5.41) is 23.4. The molecule has 0 aliphatic carbocycles. The monoisotopic (exact) mass is 280 g/mol. The van der Waals surface area contributed by atoms with Gasteiger partial charge in [-0.2, -0.15) is 0 Å². The summed E-state index contributed by atoms with van der Waals surface area (Å²) in [6.45, 7) is 0. The lowest BCUT2D eigenvalue weighted by Gasteiger charge is -2.12. The van der Waals surface area contributed by atoms with Crippen molar-refractivity contribution in [3.05, 3.63) is 35.9 Å². The van der Waals surface area contributed by atoms with Crippen molar-refractivity contribution in [2.75, 3.05) is 14.1 Å². The van der Waals surface area contributed by atoms with E-state index >= 15 is 0 Å². The lowest BCUT2D eigenvalue weighted by atomic mass is 10.1. The third-order valence-corrected chi connectivity index (χ3v) is 2.31. The first kappa shape index (κ1) is 17.6. The molecule has 0 saturated heterocycles. The topological polar surface area (TPSA) is 102 Å². The highest BCUT2D eigenvalue weighted by Gasteiger charge is 2.00. The molecule has 1 aromatic carbocycles. The summed E-state index contributed by atoms with van der Waals surface area (Å²) in [4.78, 5) is 21.1. The van der Waals surface area contributed by atoms with Gasteiger partial charge in [-0.05, 0) is 5.56 Å². The quantitative estimate of drug-likeness (QED) is 0.563. The highest BCUT2D eigenvalue weighted by atomic mass is 16.4. The molecular formula is C14H20N2O4. The van der Waals surface area contributed by atoms with Gasteiger partial charge in [0.2, 0.25) is 0 Å². The molecule has 20 heavy (non-hydrogen) atoms. The van der Waals surface area contributed by atoms with E-state index in [-0.39, 0.29) is 12.8 Å². The Balaban J connectivity index is 0.000000396. The molecule has 0 aliphatic heterocycles. The number of nitrogens with one attached hydrogen (secondary N) is 1. The summed E-state index contributed by atoms with van der Waals surface area (Å²) in [7, 11) is 3.79. The molecule has 6 heteroatoms. The van der Waals surface area contributed by atoms with Crippen molar-refractivity contribution in [1.29, 1.82) is 5.41 Å². The first-order chi connectivity index (χ1) is 9.32. The van der Waals surface area contributed by atoms with Crippen LogP contribution in [0.2, 0.25) is 0 Å². The van der Waals surface area contributed by atoms with Crippen molar-refractivity contribution >= 4 is 17.8 Å². The summed E-state index contributed by atoms with van der Waals surface area (Å²) in [6, 6.07) is 10.1. The number of carboxylic acid groups (broad SMARTS) is 2. The number of likely N-dealkylation sites (N-methyl/N-ethyl adjacent to an activating group) is 1. The second-order valence-electron chi connectivity index (χ2n) is 4.29. The third-order valence-electron chi connectivity index (χ3n) is 2.31. The van der Waals surface area contributed by atoms with Crippen LogP contribution in [0.25, 0.3) is 0 Å². The molecule has 6 nitrogen and oxygen atoms in total. The van der Waals surface area contributed by atoms with Crippen LogP contribution in [0.15, 0.2) is 30.3 Å². The van der Waals surface area contributed by atoms with E-state index in [0.29, 0.717) is 12.3 Å². The summed E-state index contributed by atoms with van der Waals surface area (Å²) >= 11 is 0. The molecule has 110 valence electrons. The van der Waals surface area contributed by atoms with Crippen LogP contribution in [0.4, 0.5) is 0 Å². The molecule has 0 heterocycles. The van der Waals surface area contributed by atoms with Gasteiger partial charge in [0.15, 0.2) is 0 Å². The minimum Gasteiger partial charge on any atom is -0.481 e.